The Bertz CT molecular complexity index is 1150. The van der Waals surface area contributed by atoms with E-state index in [1.54, 1.807) is 6.92 Å². The fraction of sp³-hybridized carbons (Fsp3) is 0.238. The zero-order chi connectivity index (χ0) is 22.9. The third-order valence-electron chi connectivity index (χ3n) is 4.76. The number of amides is 1. The van der Waals surface area contributed by atoms with Gasteiger partial charge in [0, 0.05) is 29.8 Å². The summed E-state index contributed by atoms with van der Waals surface area (Å²) in [7, 11) is 2.76. The smallest absolute Gasteiger partial charge is 0.494 e. The van der Waals surface area contributed by atoms with Gasteiger partial charge in [-0.25, -0.2) is 4.39 Å². The Morgan fingerprint density at radius 2 is 1.77 bits per heavy atom. The lowest BCUT2D eigenvalue weighted by Crippen LogP contribution is -2.21. The number of likely N-dealkylation sites (N-methyl/N-ethyl adjacent to an activating group) is 1. The van der Waals surface area contributed by atoms with Gasteiger partial charge in [-0.1, -0.05) is 0 Å². The normalized spacial score (nSPS) is 11.5. The average Bonchev–Trinajstić information content (AvgIpc) is 2.96. The number of fused-ring (bicyclic) bond motifs is 1. The molecular weight excluding hydrogens is 420 g/mol. The van der Waals surface area contributed by atoms with Crippen LogP contribution in [0.3, 0.4) is 0 Å². The molecule has 1 aromatic heterocycles. The van der Waals surface area contributed by atoms with E-state index in [1.165, 1.54) is 36.9 Å². The molecule has 0 saturated heterocycles. The second-order valence-corrected chi connectivity index (χ2v) is 6.63. The molecule has 0 unspecified atom stereocenters. The molecule has 0 spiro atoms. The maximum Gasteiger partial charge on any atom is 0.573 e. The van der Waals surface area contributed by atoms with Crippen LogP contribution in [-0.2, 0) is 11.2 Å². The molecule has 0 aliphatic heterocycles. The first-order chi connectivity index (χ1) is 14.6. The predicted octanol–water partition coefficient (Wildman–Crippen LogP) is 3.97. The van der Waals surface area contributed by atoms with Crippen molar-refractivity contribution in [2.45, 2.75) is 19.7 Å². The van der Waals surface area contributed by atoms with Crippen molar-refractivity contribution in [1.82, 2.24) is 9.88 Å². The monoisotopic (exact) mass is 438 g/mol. The summed E-state index contributed by atoms with van der Waals surface area (Å²) in [6.07, 6.45) is -4.92. The van der Waals surface area contributed by atoms with E-state index in [0.29, 0.717) is 16.6 Å². The first-order valence-corrected chi connectivity index (χ1v) is 9.04. The number of carbonyl (C=O) groups excluding carboxylic acids is 2. The Kier molecular flexibility index (Phi) is 5.92. The van der Waals surface area contributed by atoms with Gasteiger partial charge in [0.05, 0.1) is 19.0 Å². The van der Waals surface area contributed by atoms with Crippen molar-refractivity contribution in [3.8, 4) is 11.5 Å². The standard InChI is InChI=1S/C21H18F4N2O4/c1-11-14(9-19(28)26-2)15-8-18(30-3)16(22)10-17(15)27(11)20(29)12-4-6-13(7-5-12)31-21(23,24)25/h4-8,10H,9H2,1-3H3,(H,26,28). The summed E-state index contributed by atoms with van der Waals surface area (Å²) in [6.45, 7) is 1.60. The summed E-state index contributed by atoms with van der Waals surface area (Å²) < 4.78 is 61.5. The van der Waals surface area contributed by atoms with Gasteiger partial charge >= 0.3 is 6.36 Å². The molecule has 0 aliphatic rings. The van der Waals surface area contributed by atoms with Crippen molar-refractivity contribution in [1.29, 1.82) is 0 Å². The number of nitrogens with one attached hydrogen (secondary N) is 1. The minimum absolute atomic E-state index is 0.0519. The van der Waals surface area contributed by atoms with Gasteiger partial charge in [0.25, 0.3) is 5.91 Å². The third kappa shape index (κ3) is 4.47. The lowest BCUT2D eigenvalue weighted by Gasteiger charge is -2.11. The van der Waals surface area contributed by atoms with E-state index in [-0.39, 0.29) is 29.2 Å². The lowest BCUT2D eigenvalue weighted by molar-refractivity contribution is -0.274. The molecule has 0 saturated carbocycles. The van der Waals surface area contributed by atoms with Crippen molar-refractivity contribution in [3.63, 3.8) is 0 Å². The largest absolute Gasteiger partial charge is 0.573 e. The van der Waals surface area contributed by atoms with E-state index in [1.807, 2.05) is 0 Å². The van der Waals surface area contributed by atoms with Crippen molar-refractivity contribution < 1.29 is 36.6 Å². The Morgan fingerprint density at radius 1 is 1.13 bits per heavy atom. The summed E-state index contributed by atoms with van der Waals surface area (Å²) >= 11 is 0. The Hall–Kier alpha value is -3.56. The first kappa shape index (κ1) is 22.1. The Morgan fingerprint density at radius 3 is 2.32 bits per heavy atom. The average molecular weight is 438 g/mol. The minimum atomic E-state index is -4.86. The SMILES string of the molecule is CNC(=O)Cc1c(C)n(C(=O)c2ccc(OC(F)(F)F)cc2)c2cc(F)c(OC)cc12. The van der Waals surface area contributed by atoms with E-state index >= 15 is 0 Å². The molecular formula is C21H18F4N2O4. The zero-order valence-electron chi connectivity index (χ0n) is 16.8. The number of nitrogens with zero attached hydrogens (tertiary/aromatic N) is 1. The number of aromatic nitrogens is 1. The van der Waals surface area contributed by atoms with Crippen LogP contribution in [0.2, 0.25) is 0 Å². The number of halogens is 4. The predicted molar refractivity (Wildman–Crippen MR) is 104 cm³/mol. The molecule has 0 aliphatic carbocycles. The van der Waals surface area contributed by atoms with E-state index in [0.717, 1.165) is 18.2 Å². The number of alkyl halides is 3. The van der Waals surface area contributed by atoms with Gasteiger partial charge in [-0.2, -0.15) is 0 Å². The van der Waals surface area contributed by atoms with Crippen LogP contribution in [0.4, 0.5) is 17.6 Å². The molecule has 2 aromatic carbocycles. The quantitative estimate of drug-likeness (QED) is 0.612. The van der Waals surface area contributed by atoms with Gasteiger partial charge < -0.3 is 14.8 Å². The highest BCUT2D eigenvalue weighted by molar-refractivity contribution is 6.05. The highest BCUT2D eigenvalue weighted by Gasteiger charge is 2.31. The van der Waals surface area contributed by atoms with Crippen molar-refractivity contribution in [2.75, 3.05) is 14.2 Å². The molecule has 10 heteroatoms. The van der Waals surface area contributed by atoms with E-state index in [4.69, 9.17) is 4.74 Å². The maximum atomic E-state index is 14.4. The van der Waals surface area contributed by atoms with Gasteiger partial charge in [0.1, 0.15) is 5.75 Å². The molecule has 1 N–H and O–H groups in total. The second-order valence-electron chi connectivity index (χ2n) is 6.63. The molecule has 0 bridgehead atoms. The van der Waals surface area contributed by atoms with Crippen LogP contribution in [0.15, 0.2) is 36.4 Å². The topological polar surface area (TPSA) is 69.6 Å². The summed E-state index contributed by atoms with van der Waals surface area (Å²) in [5, 5.41) is 2.94. The second kappa shape index (κ2) is 8.29. The molecule has 1 heterocycles. The van der Waals surface area contributed by atoms with Crippen molar-refractivity contribution >= 4 is 22.7 Å². The Balaban J connectivity index is 2.12. The van der Waals surface area contributed by atoms with Crippen molar-refractivity contribution in [2.24, 2.45) is 0 Å². The van der Waals surface area contributed by atoms with Gasteiger partial charge in [-0.05, 0) is 42.8 Å². The van der Waals surface area contributed by atoms with Gasteiger partial charge in [-0.3, -0.25) is 14.2 Å². The van der Waals surface area contributed by atoms with Crippen LogP contribution < -0.4 is 14.8 Å². The van der Waals surface area contributed by atoms with Crippen molar-refractivity contribution in [3.05, 3.63) is 59.0 Å². The number of methoxy groups -OCH3 is 1. The maximum absolute atomic E-state index is 14.4. The number of ether oxygens (including phenoxy) is 2. The summed E-state index contributed by atoms with van der Waals surface area (Å²) in [5.41, 5.74) is 1.15. The van der Waals surface area contributed by atoms with Gasteiger partial charge in [0.15, 0.2) is 11.6 Å². The first-order valence-electron chi connectivity index (χ1n) is 9.04. The molecule has 1 amide bonds. The Labute approximate surface area is 174 Å². The molecule has 6 nitrogen and oxygen atoms in total. The van der Waals surface area contributed by atoms with E-state index in [2.05, 4.69) is 10.1 Å². The molecule has 3 aromatic rings. The summed E-state index contributed by atoms with van der Waals surface area (Å²) in [5.74, 6) is -2.15. The number of carbonyl (C=O) groups is 2. The minimum Gasteiger partial charge on any atom is -0.494 e. The molecule has 3 rings (SSSR count). The third-order valence-corrected chi connectivity index (χ3v) is 4.76. The van der Waals surface area contributed by atoms with Crippen LogP contribution in [0, 0.1) is 12.7 Å². The highest BCUT2D eigenvalue weighted by Crippen LogP contribution is 2.33. The number of hydrogen-bond donors (Lipinski definition) is 1. The molecule has 31 heavy (non-hydrogen) atoms. The summed E-state index contributed by atoms with van der Waals surface area (Å²) in [6, 6.07) is 6.89. The van der Waals surface area contributed by atoms with Crippen LogP contribution >= 0.6 is 0 Å². The zero-order valence-corrected chi connectivity index (χ0v) is 16.8. The van der Waals surface area contributed by atoms with Gasteiger partial charge in [0.2, 0.25) is 5.91 Å². The molecule has 0 atom stereocenters. The fourth-order valence-electron chi connectivity index (χ4n) is 3.30. The van der Waals surface area contributed by atoms with Gasteiger partial charge in [-0.15, -0.1) is 13.2 Å². The van der Waals surface area contributed by atoms with Crippen LogP contribution in [0.1, 0.15) is 21.6 Å². The van der Waals surface area contributed by atoms with Crippen LogP contribution in [0.5, 0.6) is 11.5 Å². The lowest BCUT2D eigenvalue weighted by atomic mass is 10.1. The highest BCUT2D eigenvalue weighted by atomic mass is 19.4. The van der Waals surface area contributed by atoms with E-state index in [9.17, 15) is 27.2 Å². The number of rotatable bonds is 5. The molecule has 0 radical (unpaired) electrons. The molecule has 0 fully saturated rings. The van der Waals surface area contributed by atoms with E-state index < -0.39 is 23.8 Å². The number of benzene rings is 2. The fourth-order valence-corrected chi connectivity index (χ4v) is 3.30. The van der Waals surface area contributed by atoms with Crippen LogP contribution in [0.25, 0.3) is 10.9 Å². The van der Waals surface area contributed by atoms with Crippen LogP contribution in [-0.4, -0.2) is 36.9 Å². The molecule has 164 valence electrons. The number of hydrogen-bond acceptors (Lipinski definition) is 4. The summed E-state index contributed by atoms with van der Waals surface area (Å²) in [4.78, 5) is 25.1.